The molecule has 3 heterocycles. The minimum Gasteiger partial charge on any atom is -0.491 e. The van der Waals surface area contributed by atoms with Crippen molar-refractivity contribution in [3.63, 3.8) is 0 Å². The number of rotatable bonds is 3. The molecule has 29 heavy (non-hydrogen) atoms. The van der Waals surface area contributed by atoms with Crippen molar-refractivity contribution in [1.29, 1.82) is 0 Å². The summed E-state index contributed by atoms with van der Waals surface area (Å²) in [6.07, 6.45) is 3.49. The van der Waals surface area contributed by atoms with Crippen LogP contribution < -0.4 is 10.5 Å². The maximum absolute atomic E-state index is 12.1. The molecule has 0 fully saturated rings. The van der Waals surface area contributed by atoms with Gasteiger partial charge < -0.3 is 20.1 Å². The summed E-state index contributed by atoms with van der Waals surface area (Å²) < 4.78 is 9.55. The summed E-state index contributed by atoms with van der Waals surface area (Å²) in [7, 11) is 0. The number of ether oxygens (including phenoxy) is 1. The molecule has 1 aliphatic heterocycles. The molecule has 0 aliphatic carbocycles. The summed E-state index contributed by atoms with van der Waals surface area (Å²) in [5, 5.41) is 14.1. The van der Waals surface area contributed by atoms with E-state index in [1.807, 2.05) is 35.0 Å². The molecule has 0 atom stereocenters. The van der Waals surface area contributed by atoms with Crippen molar-refractivity contribution in [1.82, 2.24) is 19.3 Å². The maximum atomic E-state index is 12.1. The number of nitrogens with zero attached hydrogens (tertiary/aromatic N) is 4. The molecule has 4 rings (SSSR count). The van der Waals surface area contributed by atoms with Crippen LogP contribution in [0.5, 0.6) is 5.75 Å². The Kier molecular flexibility index (Phi) is 4.60. The highest BCUT2D eigenvalue weighted by molar-refractivity contribution is 5.93. The number of aromatic nitrogens is 4. The van der Waals surface area contributed by atoms with Crippen LogP contribution in [-0.2, 0) is 13.1 Å². The van der Waals surface area contributed by atoms with Gasteiger partial charge in [0.15, 0.2) is 5.69 Å². The second-order valence-corrected chi connectivity index (χ2v) is 7.32. The number of carbonyl (C=O) groups excluding carboxylic acids is 1. The number of nitrogens with two attached hydrogens (primary N) is 1. The summed E-state index contributed by atoms with van der Waals surface area (Å²) in [6, 6.07) is 7.32. The van der Waals surface area contributed by atoms with Gasteiger partial charge >= 0.3 is 0 Å². The Hall–Kier alpha value is -3.57. The predicted octanol–water partition coefficient (Wildman–Crippen LogP) is 1.41. The molecule has 1 amide bonds. The van der Waals surface area contributed by atoms with Crippen LogP contribution in [0.1, 0.15) is 35.6 Å². The third kappa shape index (κ3) is 3.86. The van der Waals surface area contributed by atoms with Crippen molar-refractivity contribution in [3.05, 3.63) is 53.6 Å². The fourth-order valence-corrected chi connectivity index (χ4v) is 3.22. The molecule has 0 radical (unpaired) electrons. The summed E-state index contributed by atoms with van der Waals surface area (Å²) in [4.78, 5) is 16.6. The Morgan fingerprint density at radius 1 is 1.41 bits per heavy atom. The van der Waals surface area contributed by atoms with Gasteiger partial charge in [-0.3, -0.25) is 9.48 Å². The summed E-state index contributed by atoms with van der Waals surface area (Å²) >= 11 is 0. The van der Waals surface area contributed by atoms with Gasteiger partial charge in [-0.1, -0.05) is 11.8 Å². The number of primary amides is 1. The van der Waals surface area contributed by atoms with Crippen LogP contribution in [0.3, 0.4) is 0 Å². The van der Waals surface area contributed by atoms with Crippen LogP contribution in [0.25, 0.3) is 11.4 Å². The van der Waals surface area contributed by atoms with E-state index in [-0.39, 0.29) is 5.69 Å². The highest BCUT2D eigenvalue weighted by Crippen LogP contribution is 2.34. The van der Waals surface area contributed by atoms with Crippen LogP contribution >= 0.6 is 0 Å². The SMILES string of the molecule is CC(C)(O)C#Cc1ccc2c(c1)-c1nc(C(N)=O)c(Cn3cccn3)n1CCO2. The van der Waals surface area contributed by atoms with Crippen LogP contribution in [-0.4, -0.2) is 42.6 Å². The highest BCUT2D eigenvalue weighted by Gasteiger charge is 2.26. The molecule has 0 unspecified atom stereocenters. The van der Waals surface area contributed by atoms with E-state index in [1.54, 1.807) is 24.7 Å². The van der Waals surface area contributed by atoms with Gasteiger partial charge in [0.2, 0.25) is 0 Å². The molecule has 8 nitrogen and oxygen atoms in total. The monoisotopic (exact) mass is 391 g/mol. The third-order valence-corrected chi connectivity index (χ3v) is 4.48. The Bertz CT molecular complexity index is 1130. The van der Waals surface area contributed by atoms with Gasteiger partial charge in [-0.2, -0.15) is 5.10 Å². The van der Waals surface area contributed by atoms with Gasteiger partial charge in [-0.25, -0.2) is 4.98 Å². The second kappa shape index (κ2) is 7.11. The fourth-order valence-electron chi connectivity index (χ4n) is 3.22. The largest absolute Gasteiger partial charge is 0.491 e. The first-order valence-electron chi connectivity index (χ1n) is 9.21. The van der Waals surface area contributed by atoms with E-state index in [0.29, 0.717) is 42.5 Å². The first-order chi connectivity index (χ1) is 13.8. The zero-order valence-corrected chi connectivity index (χ0v) is 16.2. The lowest BCUT2D eigenvalue weighted by Gasteiger charge is -2.09. The lowest BCUT2D eigenvalue weighted by Crippen LogP contribution is -2.18. The molecule has 0 bridgehead atoms. The molecule has 2 aromatic heterocycles. The van der Waals surface area contributed by atoms with Crippen LogP contribution in [0.4, 0.5) is 0 Å². The fraction of sp³-hybridized carbons (Fsp3) is 0.286. The van der Waals surface area contributed by atoms with Crippen LogP contribution in [0, 0.1) is 11.8 Å². The molecular formula is C21H21N5O3. The first-order valence-corrected chi connectivity index (χ1v) is 9.21. The van der Waals surface area contributed by atoms with E-state index in [9.17, 15) is 9.90 Å². The number of amides is 1. The Morgan fingerprint density at radius 3 is 2.93 bits per heavy atom. The summed E-state index contributed by atoms with van der Waals surface area (Å²) in [6.45, 7) is 4.56. The van der Waals surface area contributed by atoms with Crippen molar-refractivity contribution in [3.8, 4) is 29.0 Å². The topological polar surface area (TPSA) is 108 Å². The molecule has 1 aromatic carbocycles. The van der Waals surface area contributed by atoms with Crippen molar-refractivity contribution in [2.45, 2.75) is 32.5 Å². The van der Waals surface area contributed by atoms with E-state index < -0.39 is 11.5 Å². The van der Waals surface area contributed by atoms with E-state index in [4.69, 9.17) is 10.5 Å². The van der Waals surface area contributed by atoms with Gasteiger partial charge in [-0.05, 0) is 38.1 Å². The van der Waals surface area contributed by atoms with Gasteiger partial charge in [-0.15, -0.1) is 0 Å². The quantitative estimate of drug-likeness (QED) is 0.656. The van der Waals surface area contributed by atoms with Crippen molar-refractivity contribution in [2.75, 3.05) is 6.61 Å². The zero-order chi connectivity index (χ0) is 20.6. The normalized spacial score (nSPS) is 12.8. The molecular weight excluding hydrogens is 370 g/mol. The van der Waals surface area contributed by atoms with E-state index in [0.717, 1.165) is 5.56 Å². The van der Waals surface area contributed by atoms with Gasteiger partial charge in [0, 0.05) is 18.0 Å². The summed E-state index contributed by atoms with van der Waals surface area (Å²) in [5.41, 5.74) is 6.84. The molecule has 1 aliphatic rings. The minimum absolute atomic E-state index is 0.219. The van der Waals surface area contributed by atoms with E-state index >= 15 is 0 Å². The zero-order valence-electron chi connectivity index (χ0n) is 16.2. The Balaban J connectivity index is 1.85. The number of carbonyl (C=O) groups is 1. The molecule has 0 saturated heterocycles. The molecule has 0 saturated carbocycles. The van der Waals surface area contributed by atoms with Gasteiger partial charge in [0.05, 0.1) is 24.3 Å². The van der Waals surface area contributed by atoms with Crippen LogP contribution in [0.15, 0.2) is 36.7 Å². The average Bonchev–Trinajstić information content (AvgIpc) is 3.25. The number of hydrogen-bond acceptors (Lipinski definition) is 5. The maximum Gasteiger partial charge on any atom is 0.269 e. The number of imidazole rings is 1. The molecule has 0 spiro atoms. The Labute approximate surface area is 167 Å². The third-order valence-electron chi connectivity index (χ3n) is 4.48. The lowest BCUT2D eigenvalue weighted by molar-refractivity contribution is 0.0994. The lowest BCUT2D eigenvalue weighted by atomic mass is 10.1. The van der Waals surface area contributed by atoms with Gasteiger partial charge in [0.25, 0.3) is 5.91 Å². The number of aliphatic hydroxyl groups is 1. The Morgan fingerprint density at radius 2 is 2.24 bits per heavy atom. The van der Waals surface area contributed by atoms with Crippen molar-refractivity contribution in [2.24, 2.45) is 5.73 Å². The van der Waals surface area contributed by atoms with Crippen LogP contribution in [0.2, 0.25) is 0 Å². The standard InChI is InChI=1S/C21H21N5O3/c1-21(2,28)7-6-14-4-5-17-15(12-14)20-24-18(19(22)27)16(26(20)10-11-29-17)13-25-9-3-8-23-25/h3-5,8-9,12,28H,10-11,13H2,1-2H3,(H2,22,27). The minimum atomic E-state index is -1.10. The van der Waals surface area contributed by atoms with E-state index in [1.165, 1.54) is 0 Å². The molecule has 148 valence electrons. The predicted molar refractivity (Wildman–Crippen MR) is 106 cm³/mol. The highest BCUT2D eigenvalue weighted by atomic mass is 16.5. The van der Waals surface area contributed by atoms with E-state index in [2.05, 4.69) is 21.9 Å². The molecule has 8 heteroatoms. The first kappa shape index (κ1) is 18.8. The molecule has 3 aromatic rings. The summed E-state index contributed by atoms with van der Waals surface area (Å²) in [5.74, 6) is 6.43. The molecule has 3 N–H and O–H groups in total. The average molecular weight is 391 g/mol. The van der Waals surface area contributed by atoms with Crippen molar-refractivity contribution < 1.29 is 14.6 Å². The van der Waals surface area contributed by atoms with Gasteiger partial charge in [0.1, 0.15) is 23.8 Å². The van der Waals surface area contributed by atoms with Crippen molar-refractivity contribution >= 4 is 5.91 Å². The number of fused-ring (bicyclic) bond motifs is 3. The number of hydrogen-bond donors (Lipinski definition) is 2. The smallest absolute Gasteiger partial charge is 0.269 e. The number of benzene rings is 1. The second-order valence-electron chi connectivity index (χ2n) is 7.32.